The molecule has 8 heteroatoms. The highest BCUT2D eigenvalue weighted by atomic mass is 16.3. The number of piperidine rings is 1. The van der Waals surface area contributed by atoms with Crippen molar-refractivity contribution in [3.63, 3.8) is 0 Å². The van der Waals surface area contributed by atoms with Crippen LogP contribution in [0.15, 0.2) is 18.2 Å². The van der Waals surface area contributed by atoms with E-state index >= 15 is 0 Å². The van der Waals surface area contributed by atoms with Gasteiger partial charge in [-0.2, -0.15) is 0 Å². The van der Waals surface area contributed by atoms with Crippen LogP contribution in [0.5, 0.6) is 0 Å². The van der Waals surface area contributed by atoms with E-state index in [1.54, 1.807) is 0 Å². The van der Waals surface area contributed by atoms with Gasteiger partial charge in [0.05, 0.1) is 18.7 Å². The van der Waals surface area contributed by atoms with Crippen molar-refractivity contribution in [1.82, 2.24) is 15.1 Å². The Morgan fingerprint density at radius 2 is 1.72 bits per heavy atom. The fourth-order valence-electron chi connectivity index (χ4n) is 4.94. The molecule has 0 bridgehead atoms. The van der Waals surface area contributed by atoms with Gasteiger partial charge in [-0.05, 0) is 64.8 Å². The molecule has 0 unspecified atom stereocenters. The normalized spacial score (nSPS) is 23.3. The molecule has 0 spiro atoms. The number of hydrogen-bond acceptors (Lipinski definition) is 5. The van der Waals surface area contributed by atoms with Gasteiger partial charge in [0, 0.05) is 18.8 Å². The number of nitrogens with zero attached hydrogens (tertiary/aromatic N) is 2. The van der Waals surface area contributed by atoms with Gasteiger partial charge in [0.2, 0.25) is 11.8 Å². The summed E-state index contributed by atoms with van der Waals surface area (Å²) in [5.74, 6) is -0.0207. The van der Waals surface area contributed by atoms with Crippen LogP contribution in [0, 0.1) is 13.8 Å². The number of anilines is 1. The van der Waals surface area contributed by atoms with Crippen LogP contribution >= 0.6 is 0 Å². The summed E-state index contributed by atoms with van der Waals surface area (Å²) < 4.78 is 0. The molecule has 32 heavy (non-hydrogen) atoms. The van der Waals surface area contributed by atoms with E-state index in [-0.39, 0.29) is 23.3 Å². The Labute approximate surface area is 191 Å². The first kappa shape index (κ1) is 26.3. The molecule has 5 N–H and O–H groups in total. The monoisotopic (exact) mass is 448 g/mol. The maximum atomic E-state index is 13.4. The van der Waals surface area contributed by atoms with Crippen LogP contribution < -0.4 is 10.6 Å². The number of aryl methyl sites for hydroxylation is 2. The first-order valence-corrected chi connectivity index (χ1v) is 11.5. The first-order chi connectivity index (χ1) is 14.7. The molecule has 1 aliphatic carbocycles. The van der Waals surface area contributed by atoms with E-state index < -0.39 is 11.6 Å². The Morgan fingerprint density at radius 1 is 1.12 bits per heavy atom. The fraction of sp³-hybridized carbons (Fsp3) is 0.667. The molecule has 1 heterocycles. The molecule has 1 saturated carbocycles. The number of aliphatic hydroxyl groups excluding tert-OH is 1. The summed E-state index contributed by atoms with van der Waals surface area (Å²) >= 11 is 0. The number of nitrogens with one attached hydrogen (secondary N) is 2. The molecule has 1 saturated heterocycles. The standard InChI is InChI=1S/C24H38N4O3.H2O/c1-17-8-7-9-18(2)22(17)26-23(31)24(27(3)4)12-14-28(15-13-24)16-21(30)25-19-10-5-6-11-20(19)29;/h7-9,19-20,29H,5-6,10-16H2,1-4H3,(H,25,30)(H,26,31);1H2/t19-,20-;/m1./s1. The van der Waals surface area contributed by atoms with Gasteiger partial charge in [-0.25, -0.2) is 0 Å². The number of likely N-dealkylation sites (N-methyl/N-ethyl adjacent to an activating group) is 1. The minimum absolute atomic E-state index is 0. The van der Waals surface area contributed by atoms with Gasteiger partial charge in [-0.1, -0.05) is 31.0 Å². The zero-order chi connectivity index (χ0) is 22.6. The molecule has 0 radical (unpaired) electrons. The number of carbonyl (C=O) groups excluding carboxylic acids is 2. The van der Waals surface area contributed by atoms with E-state index in [2.05, 4.69) is 15.5 Å². The summed E-state index contributed by atoms with van der Waals surface area (Å²) in [5, 5.41) is 16.3. The lowest BCUT2D eigenvalue weighted by atomic mass is 9.85. The average molecular weight is 449 g/mol. The van der Waals surface area contributed by atoms with E-state index in [9.17, 15) is 14.7 Å². The van der Waals surface area contributed by atoms with Crippen molar-refractivity contribution in [2.24, 2.45) is 0 Å². The number of likely N-dealkylation sites (tertiary alicyclic amines) is 1. The number of carbonyl (C=O) groups is 2. The van der Waals surface area contributed by atoms with Crippen LogP contribution in [0.2, 0.25) is 0 Å². The van der Waals surface area contributed by atoms with Gasteiger partial charge >= 0.3 is 0 Å². The van der Waals surface area contributed by atoms with Crippen LogP contribution in [-0.2, 0) is 9.59 Å². The SMILES string of the molecule is Cc1cccc(C)c1NC(=O)C1(N(C)C)CCN(CC(=O)N[C@@H]2CCCC[C@H]2O)CC1.O. The van der Waals surface area contributed by atoms with Crippen molar-refractivity contribution < 1.29 is 20.2 Å². The molecule has 1 aliphatic heterocycles. The second-order valence-electron chi connectivity index (χ2n) is 9.45. The van der Waals surface area contributed by atoms with Crippen LogP contribution in [0.1, 0.15) is 49.7 Å². The molecular formula is C24H40N4O4. The van der Waals surface area contributed by atoms with E-state index in [0.29, 0.717) is 32.5 Å². The highest BCUT2D eigenvalue weighted by Crippen LogP contribution is 2.30. The Bertz CT molecular complexity index is 770. The van der Waals surface area contributed by atoms with E-state index in [1.807, 2.05) is 51.0 Å². The van der Waals surface area contributed by atoms with Gasteiger partial charge in [0.1, 0.15) is 5.54 Å². The zero-order valence-electron chi connectivity index (χ0n) is 19.9. The third-order valence-corrected chi connectivity index (χ3v) is 7.12. The van der Waals surface area contributed by atoms with Crippen LogP contribution in [-0.4, -0.2) is 83.6 Å². The summed E-state index contributed by atoms with van der Waals surface area (Å²) in [5.41, 5.74) is 2.41. The molecule has 2 aliphatic rings. The second-order valence-corrected chi connectivity index (χ2v) is 9.45. The van der Waals surface area contributed by atoms with Crippen molar-refractivity contribution in [3.05, 3.63) is 29.3 Å². The lowest BCUT2D eigenvalue weighted by Gasteiger charge is -2.44. The summed E-state index contributed by atoms with van der Waals surface area (Å²) in [7, 11) is 3.91. The Kier molecular flexibility index (Phi) is 9.21. The molecule has 0 aromatic heterocycles. The number of para-hydroxylation sites is 1. The highest BCUT2D eigenvalue weighted by Gasteiger charge is 2.43. The zero-order valence-corrected chi connectivity index (χ0v) is 19.9. The third-order valence-electron chi connectivity index (χ3n) is 7.12. The molecule has 2 fully saturated rings. The van der Waals surface area contributed by atoms with Crippen LogP contribution in [0.3, 0.4) is 0 Å². The minimum atomic E-state index is -0.596. The van der Waals surface area contributed by atoms with Crippen molar-refractivity contribution in [1.29, 1.82) is 0 Å². The molecule has 3 rings (SSSR count). The maximum absolute atomic E-state index is 13.4. The van der Waals surface area contributed by atoms with Gasteiger partial charge in [0.25, 0.3) is 0 Å². The smallest absolute Gasteiger partial charge is 0.244 e. The van der Waals surface area contributed by atoms with E-state index in [1.165, 1.54) is 0 Å². The quantitative estimate of drug-likeness (QED) is 0.605. The first-order valence-electron chi connectivity index (χ1n) is 11.5. The summed E-state index contributed by atoms with van der Waals surface area (Å²) in [4.78, 5) is 30.0. The lowest BCUT2D eigenvalue weighted by Crippen LogP contribution is -2.60. The number of amides is 2. The molecule has 1 aromatic rings. The molecule has 180 valence electrons. The third kappa shape index (κ3) is 5.86. The maximum Gasteiger partial charge on any atom is 0.244 e. The minimum Gasteiger partial charge on any atom is -0.412 e. The fourth-order valence-corrected chi connectivity index (χ4v) is 4.94. The Balaban J connectivity index is 0.00000363. The number of hydrogen-bond donors (Lipinski definition) is 3. The Hall–Kier alpha value is -2.00. The molecule has 2 atom stereocenters. The van der Waals surface area contributed by atoms with Gasteiger partial charge in [-0.3, -0.25) is 19.4 Å². The topological polar surface area (TPSA) is 116 Å². The molecule has 8 nitrogen and oxygen atoms in total. The number of benzene rings is 1. The van der Waals surface area contributed by atoms with Crippen molar-refractivity contribution in [2.75, 3.05) is 39.0 Å². The van der Waals surface area contributed by atoms with Crippen molar-refractivity contribution >= 4 is 17.5 Å². The molecular weight excluding hydrogens is 408 g/mol. The number of aliphatic hydroxyl groups is 1. The summed E-state index contributed by atoms with van der Waals surface area (Å²) in [6, 6.07) is 5.89. The average Bonchev–Trinajstić information content (AvgIpc) is 2.73. The van der Waals surface area contributed by atoms with Gasteiger partial charge in [-0.15, -0.1) is 0 Å². The predicted octanol–water partition coefficient (Wildman–Crippen LogP) is 1.23. The van der Waals surface area contributed by atoms with Gasteiger partial charge in [0.15, 0.2) is 0 Å². The van der Waals surface area contributed by atoms with E-state index in [0.717, 1.165) is 42.5 Å². The largest absolute Gasteiger partial charge is 0.412 e. The van der Waals surface area contributed by atoms with E-state index in [4.69, 9.17) is 0 Å². The summed E-state index contributed by atoms with van der Waals surface area (Å²) in [6.07, 6.45) is 4.56. The predicted molar refractivity (Wildman–Crippen MR) is 127 cm³/mol. The Morgan fingerprint density at radius 3 is 2.28 bits per heavy atom. The second kappa shape index (κ2) is 11.2. The highest BCUT2D eigenvalue weighted by molar-refractivity contribution is 5.99. The molecule has 1 aromatic carbocycles. The number of rotatable bonds is 6. The molecule has 2 amide bonds. The van der Waals surface area contributed by atoms with Gasteiger partial charge < -0.3 is 21.2 Å². The summed E-state index contributed by atoms with van der Waals surface area (Å²) in [6.45, 7) is 5.69. The van der Waals surface area contributed by atoms with Crippen LogP contribution in [0.4, 0.5) is 5.69 Å². The van der Waals surface area contributed by atoms with Crippen molar-refractivity contribution in [3.8, 4) is 0 Å². The lowest BCUT2D eigenvalue weighted by molar-refractivity contribution is -0.130. The van der Waals surface area contributed by atoms with Crippen molar-refractivity contribution in [2.45, 2.75) is 70.1 Å². The van der Waals surface area contributed by atoms with Crippen LogP contribution in [0.25, 0.3) is 0 Å².